The molecule has 4 heteroatoms. The topological polar surface area (TPSA) is 63.9 Å². The van der Waals surface area contributed by atoms with E-state index in [1.54, 1.807) is 13.4 Å². The summed E-state index contributed by atoms with van der Waals surface area (Å²) in [7, 11) is 1.71. The van der Waals surface area contributed by atoms with E-state index in [9.17, 15) is 0 Å². The van der Waals surface area contributed by atoms with Crippen LogP contribution in [0.2, 0.25) is 0 Å². The molecule has 0 spiro atoms. The van der Waals surface area contributed by atoms with Crippen LogP contribution in [0.1, 0.15) is 37.6 Å². The van der Waals surface area contributed by atoms with E-state index in [2.05, 4.69) is 49.8 Å². The first-order valence-electron chi connectivity index (χ1n) is 6.80. The van der Waals surface area contributed by atoms with E-state index in [1.807, 2.05) is 0 Å². The molecule has 0 saturated carbocycles. The molecule has 2 rings (SSSR count). The zero-order chi connectivity index (χ0) is 14.9. The molecule has 0 aliphatic heterocycles. The lowest BCUT2D eigenvalue weighted by Crippen LogP contribution is -2.13. The van der Waals surface area contributed by atoms with Gasteiger partial charge in [0.25, 0.3) is 0 Å². The summed E-state index contributed by atoms with van der Waals surface area (Å²) in [6.07, 6.45) is 1.69. The molecule has 0 radical (unpaired) electrons. The van der Waals surface area contributed by atoms with Gasteiger partial charge in [-0.3, -0.25) is 0 Å². The van der Waals surface area contributed by atoms with Gasteiger partial charge in [-0.2, -0.15) is 0 Å². The minimum atomic E-state index is 0.00692. The number of hydrogen-bond acceptors (Lipinski definition) is 3. The summed E-state index contributed by atoms with van der Waals surface area (Å²) in [6, 6.07) is 4.24. The second-order valence-electron chi connectivity index (χ2n) is 6.05. The SMILES string of the molecule is COc1cc(C)c(-c2nc[nH]c2CN)cc1C(C)(C)C. The summed E-state index contributed by atoms with van der Waals surface area (Å²) in [4.78, 5) is 7.52. The number of imidazole rings is 1. The van der Waals surface area contributed by atoms with E-state index in [0.717, 1.165) is 28.3 Å². The summed E-state index contributed by atoms with van der Waals surface area (Å²) >= 11 is 0. The molecule has 0 fully saturated rings. The van der Waals surface area contributed by atoms with Gasteiger partial charge in [-0.15, -0.1) is 0 Å². The lowest BCUT2D eigenvalue weighted by atomic mass is 9.84. The van der Waals surface area contributed by atoms with Crippen molar-refractivity contribution < 1.29 is 4.74 Å². The number of ether oxygens (including phenoxy) is 1. The van der Waals surface area contributed by atoms with Crippen LogP contribution in [-0.2, 0) is 12.0 Å². The van der Waals surface area contributed by atoms with Gasteiger partial charge in [-0.1, -0.05) is 20.8 Å². The molecule has 1 aromatic carbocycles. The number of aryl methyl sites for hydroxylation is 1. The molecule has 0 bridgehead atoms. The van der Waals surface area contributed by atoms with Gasteiger partial charge in [0.1, 0.15) is 5.75 Å². The Kier molecular flexibility index (Phi) is 3.86. The number of H-pyrrole nitrogens is 1. The molecule has 0 saturated heterocycles. The van der Waals surface area contributed by atoms with Crippen molar-refractivity contribution in [3.63, 3.8) is 0 Å². The largest absolute Gasteiger partial charge is 0.496 e. The van der Waals surface area contributed by atoms with Crippen LogP contribution in [0.4, 0.5) is 0 Å². The maximum atomic E-state index is 5.77. The predicted molar refractivity (Wildman–Crippen MR) is 81.9 cm³/mol. The second kappa shape index (κ2) is 5.29. The monoisotopic (exact) mass is 273 g/mol. The summed E-state index contributed by atoms with van der Waals surface area (Å²) in [5, 5.41) is 0. The fourth-order valence-electron chi connectivity index (χ4n) is 2.40. The number of rotatable bonds is 3. The quantitative estimate of drug-likeness (QED) is 0.903. The number of methoxy groups -OCH3 is 1. The molecule has 0 amide bonds. The first-order chi connectivity index (χ1) is 9.38. The number of nitrogens with one attached hydrogen (secondary N) is 1. The van der Waals surface area contributed by atoms with Gasteiger partial charge >= 0.3 is 0 Å². The number of nitrogens with zero attached hydrogens (tertiary/aromatic N) is 1. The van der Waals surface area contributed by atoms with Crippen LogP contribution in [-0.4, -0.2) is 17.1 Å². The molecule has 3 N–H and O–H groups in total. The van der Waals surface area contributed by atoms with Crippen molar-refractivity contribution in [2.75, 3.05) is 7.11 Å². The maximum absolute atomic E-state index is 5.77. The summed E-state index contributed by atoms with van der Waals surface area (Å²) in [5.74, 6) is 0.920. The smallest absolute Gasteiger partial charge is 0.122 e. The van der Waals surface area contributed by atoms with E-state index in [4.69, 9.17) is 10.5 Å². The van der Waals surface area contributed by atoms with Crippen LogP contribution in [0.3, 0.4) is 0 Å². The molecule has 20 heavy (non-hydrogen) atoms. The van der Waals surface area contributed by atoms with E-state index < -0.39 is 0 Å². The molecule has 1 aromatic heterocycles. The van der Waals surface area contributed by atoms with E-state index >= 15 is 0 Å². The Morgan fingerprint density at radius 1 is 1.30 bits per heavy atom. The summed E-state index contributed by atoms with van der Waals surface area (Å²) < 4.78 is 5.53. The van der Waals surface area contributed by atoms with Gasteiger partial charge < -0.3 is 15.5 Å². The molecular weight excluding hydrogens is 250 g/mol. The minimum absolute atomic E-state index is 0.00692. The molecule has 1 heterocycles. The third-order valence-corrected chi connectivity index (χ3v) is 3.53. The average molecular weight is 273 g/mol. The fourth-order valence-corrected chi connectivity index (χ4v) is 2.40. The highest BCUT2D eigenvalue weighted by Gasteiger charge is 2.22. The molecule has 0 aliphatic carbocycles. The zero-order valence-electron chi connectivity index (χ0n) is 12.9. The molecule has 0 atom stereocenters. The number of aromatic amines is 1. The minimum Gasteiger partial charge on any atom is -0.496 e. The molecule has 108 valence electrons. The standard InChI is InChI=1S/C16H23N3O/c1-10-6-14(20-5)12(16(2,3)4)7-11(10)15-13(8-17)18-9-19-15/h6-7,9H,8,17H2,1-5H3,(H,18,19). The number of nitrogens with two attached hydrogens (primary N) is 1. The number of aromatic nitrogens is 2. The Morgan fingerprint density at radius 3 is 2.55 bits per heavy atom. The van der Waals surface area contributed by atoms with Gasteiger partial charge in [0.2, 0.25) is 0 Å². The van der Waals surface area contributed by atoms with Crippen LogP contribution < -0.4 is 10.5 Å². The van der Waals surface area contributed by atoms with E-state index in [0.29, 0.717) is 6.54 Å². The Balaban J connectivity index is 2.66. The van der Waals surface area contributed by atoms with Crippen molar-refractivity contribution in [3.05, 3.63) is 35.3 Å². The normalized spacial score (nSPS) is 11.7. The summed E-state index contributed by atoms with van der Waals surface area (Å²) in [5.41, 5.74) is 11.1. The first-order valence-corrected chi connectivity index (χ1v) is 6.80. The van der Waals surface area contributed by atoms with Crippen molar-refractivity contribution >= 4 is 0 Å². The fraction of sp³-hybridized carbons (Fsp3) is 0.438. The van der Waals surface area contributed by atoms with Crippen molar-refractivity contribution in [1.82, 2.24) is 9.97 Å². The lowest BCUT2D eigenvalue weighted by Gasteiger charge is -2.24. The Morgan fingerprint density at radius 2 is 2.00 bits per heavy atom. The Bertz CT molecular complexity index is 609. The third-order valence-electron chi connectivity index (χ3n) is 3.53. The van der Waals surface area contributed by atoms with Crippen LogP contribution in [0.15, 0.2) is 18.5 Å². The van der Waals surface area contributed by atoms with Gasteiger partial charge in [0.05, 0.1) is 24.8 Å². The third kappa shape index (κ3) is 2.56. The average Bonchev–Trinajstić information content (AvgIpc) is 2.84. The number of hydrogen-bond donors (Lipinski definition) is 2. The molecule has 2 aromatic rings. The van der Waals surface area contributed by atoms with Crippen molar-refractivity contribution in [2.24, 2.45) is 5.73 Å². The first kappa shape index (κ1) is 14.6. The highest BCUT2D eigenvalue weighted by Crippen LogP contribution is 2.37. The van der Waals surface area contributed by atoms with Crippen molar-refractivity contribution in [1.29, 1.82) is 0 Å². The van der Waals surface area contributed by atoms with Crippen LogP contribution in [0, 0.1) is 6.92 Å². The Hall–Kier alpha value is -1.81. The second-order valence-corrected chi connectivity index (χ2v) is 6.05. The van der Waals surface area contributed by atoms with Crippen molar-refractivity contribution in [2.45, 2.75) is 39.7 Å². The highest BCUT2D eigenvalue weighted by atomic mass is 16.5. The van der Waals surface area contributed by atoms with Gasteiger partial charge in [0, 0.05) is 17.7 Å². The molecule has 0 unspecified atom stereocenters. The van der Waals surface area contributed by atoms with Crippen LogP contribution in [0.5, 0.6) is 5.75 Å². The van der Waals surface area contributed by atoms with Gasteiger partial charge in [0.15, 0.2) is 0 Å². The van der Waals surface area contributed by atoms with Gasteiger partial charge in [-0.05, 0) is 30.0 Å². The van der Waals surface area contributed by atoms with Crippen molar-refractivity contribution in [3.8, 4) is 17.0 Å². The highest BCUT2D eigenvalue weighted by molar-refractivity contribution is 5.69. The summed E-state index contributed by atoms with van der Waals surface area (Å²) in [6.45, 7) is 9.06. The van der Waals surface area contributed by atoms with Crippen LogP contribution in [0.25, 0.3) is 11.3 Å². The van der Waals surface area contributed by atoms with Crippen LogP contribution >= 0.6 is 0 Å². The maximum Gasteiger partial charge on any atom is 0.122 e. The molecule has 4 nitrogen and oxygen atoms in total. The predicted octanol–water partition coefficient (Wildman–Crippen LogP) is 3.15. The van der Waals surface area contributed by atoms with E-state index in [1.165, 1.54) is 5.56 Å². The lowest BCUT2D eigenvalue weighted by molar-refractivity contribution is 0.397. The molecule has 0 aliphatic rings. The van der Waals surface area contributed by atoms with Gasteiger partial charge in [-0.25, -0.2) is 4.98 Å². The zero-order valence-corrected chi connectivity index (χ0v) is 12.9. The molecular formula is C16H23N3O. The van der Waals surface area contributed by atoms with E-state index in [-0.39, 0.29) is 5.41 Å². The number of benzene rings is 1. The Labute approximate surface area is 120 Å².